The van der Waals surface area contributed by atoms with E-state index in [-0.39, 0.29) is 11.8 Å². The van der Waals surface area contributed by atoms with Crippen molar-refractivity contribution < 1.29 is 9.53 Å². The summed E-state index contributed by atoms with van der Waals surface area (Å²) in [6, 6.07) is 4.33. The molecule has 1 N–H and O–H groups in total. The number of hydrogen-bond acceptors (Lipinski definition) is 5. The van der Waals surface area contributed by atoms with E-state index in [0.29, 0.717) is 30.0 Å². The summed E-state index contributed by atoms with van der Waals surface area (Å²) in [5, 5.41) is 11.8. The van der Waals surface area contributed by atoms with Crippen LogP contribution in [0.5, 0.6) is 0 Å². The number of fused-ring (bicyclic) bond motifs is 1. The van der Waals surface area contributed by atoms with Crippen LogP contribution in [0.2, 0.25) is 0 Å². The molecule has 1 aromatic heterocycles. The lowest BCUT2D eigenvalue weighted by molar-refractivity contribution is 0.0139. The smallest absolute Gasteiger partial charge is 0.253 e. The first-order valence-corrected chi connectivity index (χ1v) is 9.61. The number of aromatic nitrogens is 1. The number of nitriles is 1. The zero-order valence-electron chi connectivity index (χ0n) is 15.5. The predicted octanol–water partition coefficient (Wildman–Crippen LogP) is 2.41. The van der Waals surface area contributed by atoms with Gasteiger partial charge in [0.2, 0.25) is 0 Å². The molecule has 0 bridgehead atoms. The molecule has 3 atom stereocenters. The van der Waals surface area contributed by atoms with Crippen molar-refractivity contribution in [1.82, 2.24) is 10.3 Å². The molecule has 1 aromatic rings. The van der Waals surface area contributed by atoms with Crippen molar-refractivity contribution in [1.29, 1.82) is 5.26 Å². The maximum atomic E-state index is 11.8. The van der Waals surface area contributed by atoms with Crippen LogP contribution in [0.1, 0.15) is 47.8 Å². The molecule has 6 heteroatoms. The molecule has 1 saturated carbocycles. The number of pyridine rings is 1. The van der Waals surface area contributed by atoms with E-state index in [2.05, 4.69) is 23.2 Å². The first-order chi connectivity index (χ1) is 12.6. The van der Waals surface area contributed by atoms with E-state index in [1.807, 2.05) is 13.0 Å². The van der Waals surface area contributed by atoms with Crippen LogP contribution in [0.15, 0.2) is 6.07 Å². The number of hydrogen-bond donors (Lipinski definition) is 1. The van der Waals surface area contributed by atoms with Crippen LogP contribution in [-0.4, -0.2) is 36.7 Å². The Hall–Kier alpha value is -2.13. The summed E-state index contributed by atoms with van der Waals surface area (Å²) in [7, 11) is 0. The van der Waals surface area contributed by atoms with E-state index in [1.165, 1.54) is 0 Å². The molecule has 3 aliphatic rings. The molecule has 2 aliphatic heterocycles. The highest BCUT2D eigenvalue weighted by atomic mass is 16.5. The Morgan fingerprint density at radius 1 is 1.46 bits per heavy atom. The van der Waals surface area contributed by atoms with Gasteiger partial charge in [-0.1, -0.05) is 6.92 Å². The molecule has 1 aliphatic carbocycles. The van der Waals surface area contributed by atoms with E-state index in [0.717, 1.165) is 56.0 Å². The van der Waals surface area contributed by atoms with Gasteiger partial charge >= 0.3 is 0 Å². The highest BCUT2D eigenvalue weighted by molar-refractivity contribution is 5.98. The monoisotopic (exact) mass is 354 g/mol. The van der Waals surface area contributed by atoms with Gasteiger partial charge in [-0.25, -0.2) is 4.98 Å². The molecule has 138 valence electrons. The first-order valence-electron chi connectivity index (χ1n) is 9.61. The average Bonchev–Trinajstić information content (AvgIpc) is 3.37. The van der Waals surface area contributed by atoms with Gasteiger partial charge in [-0.3, -0.25) is 4.79 Å². The van der Waals surface area contributed by atoms with Gasteiger partial charge in [0.15, 0.2) is 0 Å². The van der Waals surface area contributed by atoms with Crippen molar-refractivity contribution in [3.05, 3.63) is 22.9 Å². The van der Waals surface area contributed by atoms with Gasteiger partial charge in [-0.15, -0.1) is 0 Å². The van der Waals surface area contributed by atoms with Gasteiger partial charge in [0, 0.05) is 25.6 Å². The van der Waals surface area contributed by atoms with Crippen LogP contribution >= 0.6 is 0 Å². The van der Waals surface area contributed by atoms with Crippen molar-refractivity contribution >= 4 is 11.7 Å². The van der Waals surface area contributed by atoms with Gasteiger partial charge in [0.25, 0.3) is 5.91 Å². The molecule has 1 saturated heterocycles. The third-order valence-corrected chi connectivity index (χ3v) is 6.00. The standard InChI is InChI=1S/C20H26N4O2/c1-12-7-17-18(10-22-20(17)25)23-19(12)24-5-3-15(4-6-24)26-11-13(2)16-8-14(16)9-21/h7,13-16H,3-6,8,10-11H2,1-2H3,(H,22,25)/t13?,14-,16?/m1/s1. The van der Waals surface area contributed by atoms with Crippen molar-refractivity contribution in [3.63, 3.8) is 0 Å². The number of carbonyl (C=O) groups excluding carboxylic acids is 1. The second-order valence-electron chi connectivity index (χ2n) is 7.94. The van der Waals surface area contributed by atoms with Crippen molar-refractivity contribution in [2.24, 2.45) is 17.8 Å². The number of rotatable bonds is 5. The van der Waals surface area contributed by atoms with E-state index >= 15 is 0 Å². The number of amides is 1. The first kappa shape index (κ1) is 17.3. The number of carbonyl (C=O) groups is 1. The summed E-state index contributed by atoms with van der Waals surface area (Å²) >= 11 is 0. The number of piperidine rings is 1. The largest absolute Gasteiger partial charge is 0.378 e. The molecule has 0 spiro atoms. The molecule has 4 rings (SSSR count). The van der Waals surface area contributed by atoms with Gasteiger partial charge in [-0.2, -0.15) is 5.26 Å². The fourth-order valence-corrected chi connectivity index (χ4v) is 4.19. The lowest BCUT2D eigenvalue weighted by Gasteiger charge is -2.34. The normalized spacial score (nSPS) is 26.2. The number of ether oxygens (including phenoxy) is 1. The molecule has 6 nitrogen and oxygen atoms in total. The van der Waals surface area contributed by atoms with Crippen LogP contribution in [-0.2, 0) is 11.3 Å². The number of nitrogens with zero attached hydrogens (tertiary/aromatic N) is 3. The van der Waals surface area contributed by atoms with Crippen molar-refractivity contribution in [3.8, 4) is 6.07 Å². The Morgan fingerprint density at radius 3 is 2.92 bits per heavy atom. The Kier molecular flexibility index (Phi) is 4.58. The SMILES string of the molecule is Cc1cc2c(nc1N1CCC(OCC(C)C3C[C@@H]3C#N)CC1)CNC2=O. The third kappa shape index (κ3) is 3.28. The van der Waals surface area contributed by atoms with E-state index in [4.69, 9.17) is 15.0 Å². The third-order valence-electron chi connectivity index (χ3n) is 6.00. The summed E-state index contributed by atoms with van der Waals surface area (Å²) in [6.07, 6.45) is 3.33. The van der Waals surface area contributed by atoms with E-state index in [1.54, 1.807) is 0 Å². The van der Waals surface area contributed by atoms with Gasteiger partial charge in [0.1, 0.15) is 5.82 Å². The van der Waals surface area contributed by atoms with Crippen LogP contribution in [0.3, 0.4) is 0 Å². The lowest BCUT2D eigenvalue weighted by Crippen LogP contribution is -2.38. The van der Waals surface area contributed by atoms with Crippen LogP contribution in [0.4, 0.5) is 5.82 Å². The molecule has 2 unspecified atom stereocenters. The Bertz CT molecular complexity index is 749. The fraction of sp³-hybridized carbons (Fsp3) is 0.650. The Morgan fingerprint density at radius 2 is 2.23 bits per heavy atom. The van der Waals surface area contributed by atoms with Crippen LogP contribution < -0.4 is 10.2 Å². The second-order valence-corrected chi connectivity index (χ2v) is 7.94. The van der Waals surface area contributed by atoms with E-state index < -0.39 is 0 Å². The highest BCUT2D eigenvalue weighted by Crippen LogP contribution is 2.43. The number of nitrogens with one attached hydrogen (secondary N) is 1. The minimum Gasteiger partial charge on any atom is -0.378 e. The lowest BCUT2D eigenvalue weighted by atomic mass is 10.0. The second kappa shape index (κ2) is 6.88. The summed E-state index contributed by atoms with van der Waals surface area (Å²) in [6.45, 7) is 7.37. The Balaban J connectivity index is 1.30. The number of aryl methyl sites for hydroxylation is 1. The molecule has 0 aromatic carbocycles. The van der Waals surface area contributed by atoms with Crippen LogP contribution in [0, 0.1) is 36.0 Å². The Labute approximate surface area is 154 Å². The topological polar surface area (TPSA) is 78.2 Å². The van der Waals surface area contributed by atoms with Crippen molar-refractivity contribution in [2.75, 3.05) is 24.6 Å². The number of anilines is 1. The fourth-order valence-electron chi connectivity index (χ4n) is 4.19. The zero-order chi connectivity index (χ0) is 18.3. The minimum absolute atomic E-state index is 0.0160. The molecule has 2 fully saturated rings. The van der Waals surface area contributed by atoms with Gasteiger partial charge in [0.05, 0.1) is 30.0 Å². The minimum atomic E-state index is -0.0160. The molecular weight excluding hydrogens is 328 g/mol. The average molecular weight is 354 g/mol. The molecule has 0 radical (unpaired) electrons. The highest BCUT2D eigenvalue weighted by Gasteiger charge is 2.41. The molecular formula is C20H26N4O2. The maximum Gasteiger partial charge on any atom is 0.253 e. The summed E-state index contributed by atoms with van der Waals surface area (Å²) in [5.41, 5.74) is 2.64. The molecule has 1 amide bonds. The summed E-state index contributed by atoms with van der Waals surface area (Å²) < 4.78 is 6.13. The van der Waals surface area contributed by atoms with Crippen molar-refractivity contribution in [2.45, 2.75) is 45.8 Å². The van der Waals surface area contributed by atoms with Gasteiger partial charge < -0.3 is 15.0 Å². The van der Waals surface area contributed by atoms with E-state index in [9.17, 15) is 4.79 Å². The van der Waals surface area contributed by atoms with Gasteiger partial charge in [-0.05, 0) is 49.7 Å². The maximum absolute atomic E-state index is 11.8. The molecule has 3 heterocycles. The summed E-state index contributed by atoms with van der Waals surface area (Å²) in [5.74, 6) is 2.25. The predicted molar refractivity (Wildman–Crippen MR) is 97.7 cm³/mol. The quantitative estimate of drug-likeness (QED) is 0.878. The molecule has 26 heavy (non-hydrogen) atoms. The summed E-state index contributed by atoms with van der Waals surface area (Å²) in [4.78, 5) is 18.8. The van der Waals surface area contributed by atoms with Crippen LogP contribution in [0.25, 0.3) is 0 Å². The zero-order valence-corrected chi connectivity index (χ0v) is 15.5.